The van der Waals surface area contributed by atoms with Crippen LogP contribution in [0.25, 0.3) is 0 Å². The third-order valence-corrected chi connectivity index (χ3v) is 4.27. The molecule has 152 valence electrons. The zero-order valence-electron chi connectivity index (χ0n) is 16.4. The molecule has 3 amide bonds. The Morgan fingerprint density at radius 3 is 2.75 bits per heavy atom. The third kappa shape index (κ3) is 5.98. The Kier molecular flexibility index (Phi) is 7.82. The SMILES string of the molecule is CCOC(=O)C1=C(C[NH+](CC)CC(=O)Nc2cccc(OC)c2)NC(=O)NC1. The molecule has 9 nitrogen and oxygen atoms in total. The van der Waals surface area contributed by atoms with Gasteiger partial charge in [-0.1, -0.05) is 6.07 Å². The van der Waals surface area contributed by atoms with Gasteiger partial charge in [-0.2, -0.15) is 0 Å². The number of urea groups is 1. The summed E-state index contributed by atoms with van der Waals surface area (Å²) in [6, 6.07) is 6.72. The Morgan fingerprint density at radius 2 is 2.07 bits per heavy atom. The van der Waals surface area contributed by atoms with Gasteiger partial charge in [-0.15, -0.1) is 0 Å². The molecule has 4 N–H and O–H groups in total. The van der Waals surface area contributed by atoms with Crippen LogP contribution in [0.3, 0.4) is 0 Å². The molecule has 1 aromatic rings. The fraction of sp³-hybridized carbons (Fsp3) is 0.421. The van der Waals surface area contributed by atoms with Crippen LogP contribution in [0.5, 0.6) is 5.75 Å². The van der Waals surface area contributed by atoms with Crippen LogP contribution in [0.15, 0.2) is 35.5 Å². The van der Waals surface area contributed by atoms with Crippen LogP contribution in [-0.4, -0.2) is 57.8 Å². The van der Waals surface area contributed by atoms with E-state index in [1.54, 1.807) is 38.3 Å². The Hall–Kier alpha value is -3.07. The van der Waals surface area contributed by atoms with Crippen molar-refractivity contribution in [1.82, 2.24) is 10.6 Å². The number of nitrogens with one attached hydrogen (secondary N) is 4. The molecular formula is C19H27N4O5+. The Balaban J connectivity index is 2.05. The summed E-state index contributed by atoms with van der Waals surface area (Å²) < 4.78 is 10.2. The molecule has 1 aliphatic heterocycles. The highest BCUT2D eigenvalue weighted by molar-refractivity contribution is 5.94. The number of hydrogen-bond donors (Lipinski definition) is 4. The first-order chi connectivity index (χ1) is 13.5. The molecule has 1 atom stereocenters. The second-order valence-corrected chi connectivity index (χ2v) is 6.22. The fourth-order valence-corrected chi connectivity index (χ4v) is 2.79. The van der Waals surface area contributed by atoms with Crippen molar-refractivity contribution in [3.05, 3.63) is 35.5 Å². The minimum Gasteiger partial charge on any atom is -0.497 e. The lowest BCUT2D eigenvalue weighted by Crippen LogP contribution is -3.13. The number of benzene rings is 1. The summed E-state index contributed by atoms with van der Waals surface area (Å²) in [5.74, 6) is 0.00378. The monoisotopic (exact) mass is 391 g/mol. The molecule has 0 saturated carbocycles. The number of anilines is 1. The lowest BCUT2D eigenvalue weighted by Gasteiger charge is -2.24. The highest BCUT2D eigenvalue weighted by atomic mass is 16.5. The number of quaternary nitrogens is 1. The van der Waals surface area contributed by atoms with Crippen molar-refractivity contribution < 1.29 is 28.8 Å². The fourth-order valence-electron chi connectivity index (χ4n) is 2.79. The zero-order valence-corrected chi connectivity index (χ0v) is 16.4. The number of likely N-dealkylation sites (N-methyl/N-ethyl adjacent to an activating group) is 1. The van der Waals surface area contributed by atoms with Crippen molar-refractivity contribution in [3.8, 4) is 5.75 Å². The molecule has 0 aliphatic carbocycles. The maximum absolute atomic E-state index is 12.4. The van der Waals surface area contributed by atoms with E-state index in [0.717, 1.165) is 4.90 Å². The van der Waals surface area contributed by atoms with Gasteiger partial charge in [0.25, 0.3) is 5.91 Å². The molecular weight excluding hydrogens is 364 g/mol. The summed E-state index contributed by atoms with van der Waals surface area (Å²) in [6.45, 7) is 5.14. The van der Waals surface area contributed by atoms with Crippen molar-refractivity contribution in [2.24, 2.45) is 0 Å². The summed E-state index contributed by atoms with van der Waals surface area (Å²) in [7, 11) is 1.56. The molecule has 0 spiro atoms. The summed E-state index contributed by atoms with van der Waals surface area (Å²) >= 11 is 0. The summed E-state index contributed by atoms with van der Waals surface area (Å²) in [5, 5.41) is 8.07. The number of ether oxygens (including phenoxy) is 2. The normalized spacial score (nSPS) is 14.6. The quantitative estimate of drug-likeness (QED) is 0.431. The molecule has 0 aromatic heterocycles. The van der Waals surface area contributed by atoms with E-state index >= 15 is 0 Å². The van der Waals surface area contributed by atoms with Gasteiger partial charge in [-0.05, 0) is 26.0 Å². The first kappa shape index (κ1) is 21.2. The van der Waals surface area contributed by atoms with Crippen LogP contribution in [0.2, 0.25) is 0 Å². The van der Waals surface area contributed by atoms with Gasteiger partial charge in [0.1, 0.15) is 12.3 Å². The van der Waals surface area contributed by atoms with Gasteiger partial charge in [0.15, 0.2) is 6.54 Å². The minimum absolute atomic E-state index is 0.104. The smallest absolute Gasteiger partial charge is 0.337 e. The van der Waals surface area contributed by atoms with Gasteiger partial charge in [0.2, 0.25) is 0 Å². The van der Waals surface area contributed by atoms with Gasteiger partial charge in [-0.25, -0.2) is 9.59 Å². The lowest BCUT2D eigenvalue weighted by atomic mass is 10.1. The maximum Gasteiger partial charge on any atom is 0.337 e. The first-order valence-electron chi connectivity index (χ1n) is 9.18. The van der Waals surface area contributed by atoms with E-state index in [1.807, 2.05) is 6.92 Å². The Bertz CT molecular complexity index is 762. The van der Waals surface area contributed by atoms with Crippen molar-refractivity contribution in [2.75, 3.05) is 45.2 Å². The highest BCUT2D eigenvalue weighted by Gasteiger charge is 2.27. The Morgan fingerprint density at radius 1 is 1.29 bits per heavy atom. The van der Waals surface area contributed by atoms with E-state index < -0.39 is 5.97 Å². The van der Waals surface area contributed by atoms with E-state index in [0.29, 0.717) is 35.8 Å². The van der Waals surface area contributed by atoms with E-state index in [9.17, 15) is 14.4 Å². The average molecular weight is 391 g/mol. The number of esters is 1. The van der Waals surface area contributed by atoms with Gasteiger partial charge in [0, 0.05) is 11.8 Å². The standard InChI is InChI=1S/C19H26N4O5/c1-4-23(12-17(24)21-13-7-6-8-14(9-13)27-3)11-16-15(18(25)28-5-2)10-20-19(26)22-16/h6-9H,4-5,10-12H2,1-3H3,(H,21,24)(H2,20,22,26)/p+1. The van der Waals surface area contributed by atoms with Crippen molar-refractivity contribution in [2.45, 2.75) is 13.8 Å². The second-order valence-electron chi connectivity index (χ2n) is 6.22. The van der Waals surface area contributed by atoms with Gasteiger partial charge in [-0.3, -0.25) is 4.79 Å². The van der Waals surface area contributed by atoms with Crippen molar-refractivity contribution >= 4 is 23.6 Å². The van der Waals surface area contributed by atoms with Crippen LogP contribution in [0.4, 0.5) is 10.5 Å². The first-order valence-corrected chi connectivity index (χ1v) is 9.18. The number of methoxy groups -OCH3 is 1. The predicted molar refractivity (Wildman–Crippen MR) is 103 cm³/mol. The highest BCUT2D eigenvalue weighted by Crippen LogP contribution is 2.16. The summed E-state index contributed by atoms with van der Waals surface area (Å²) in [6.07, 6.45) is 0. The number of carbonyl (C=O) groups is 3. The molecule has 28 heavy (non-hydrogen) atoms. The van der Waals surface area contributed by atoms with E-state index in [2.05, 4.69) is 16.0 Å². The Labute approximate surface area is 164 Å². The maximum atomic E-state index is 12.4. The van der Waals surface area contributed by atoms with Crippen LogP contribution in [0, 0.1) is 0 Å². The molecule has 1 unspecified atom stereocenters. The van der Waals surface area contributed by atoms with Crippen LogP contribution in [0.1, 0.15) is 13.8 Å². The number of hydrogen-bond acceptors (Lipinski definition) is 5. The van der Waals surface area contributed by atoms with Gasteiger partial charge in [0.05, 0.1) is 38.1 Å². The van der Waals surface area contributed by atoms with Crippen molar-refractivity contribution in [1.29, 1.82) is 0 Å². The van der Waals surface area contributed by atoms with Crippen LogP contribution in [-0.2, 0) is 14.3 Å². The third-order valence-electron chi connectivity index (χ3n) is 4.27. The molecule has 0 radical (unpaired) electrons. The average Bonchev–Trinajstić information content (AvgIpc) is 2.67. The largest absolute Gasteiger partial charge is 0.497 e. The molecule has 1 aromatic carbocycles. The van der Waals surface area contributed by atoms with Crippen LogP contribution < -0.4 is 25.6 Å². The molecule has 9 heteroatoms. The summed E-state index contributed by atoms with van der Waals surface area (Å²) in [4.78, 5) is 37.1. The topological polar surface area (TPSA) is 110 Å². The molecule has 1 heterocycles. The minimum atomic E-state index is -0.471. The molecule has 2 rings (SSSR count). The van der Waals surface area contributed by atoms with E-state index in [4.69, 9.17) is 9.47 Å². The number of amides is 3. The molecule has 0 bridgehead atoms. The second kappa shape index (κ2) is 10.3. The number of carbonyl (C=O) groups excluding carboxylic acids is 3. The molecule has 0 fully saturated rings. The van der Waals surface area contributed by atoms with E-state index in [-0.39, 0.29) is 31.6 Å². The van der Waals surface area contributed by atoms with Gasteiger partial charge < -0.3 is 30.3 Å². The lowest BCUT2D eigenvalue weighted by molar-refractivity contribution is -0.885. The van der Waals surface area contributed by atoms with Crippen LogP contribution >= 0.6 is 0 Å². The zero-order chi connectivity index (χ0) is 20.5. The summed E-state index contributed by atoms with van der Waals surface area (Å²) in [5.41, 5.74) is 1.50. The molecule has 0 saturated heterocycles. The number of rotatable bonds is 9. The van der Waals surface area contributed by atoms with Crippen molar-refractivity contribution in [3.63, 3.8) is 0 Å². The van der Waals surface area contributed by atoms with Gasteiger partial charge >= 0.3 is 12.0 Å². The molecule has 1 aliphatic rings. The predicted octanol–water partition coefficient (Wildman–Crippen LogP) is -0.331. The van der Waals surface area contributed by atoms with E-state index in [1.165, 1.54) is 0 Å².